The Kier molecular flexibility index (Phi) is 13.8. The number of hydrogen-bond donors (Lipinski definition) is 1. The van der Waals surface area contributed by atoms with Crippen LogP contribution in [0.5, 0.6) is 5.75 Å². The minimum absolute atomic E-state index is 0.0780. The Morgan fingerprint density at radius 1 is 0.864 bits per heavy atom. The molecular formula is C45H72BN3O10. The van der Waals surface area contributed by atoms with Gasteiger partial charge in [0.15, 0.2) is 0 Å². The summed E-state index contributed by atoms with van der Waals surface area (Å²) in [6, 6.07) is 5.29. The summed E-state index contributed by atoms with van der Waals surface area (Å²) in [5.41, 5.74) is -1.28. The van der Waals surface area contributed by atoms with Crippen molar-refractivity contribution in [3.05, 3.63) is 29.3 Å². The topological polar surface area (TPSA) is 142 Å². The van der Waals surface area contributed by atoms with Crippen molar-refractivity contribution in [3.63, 3.8) is 0 Å². The first-order valence-corrected chi connectivity index (χ1v) is 21.7. The fourth-order valence-electron chi connectivity index (χ4n) is 9.62. The predicted octanol–water partition coefficient (Wildman–Crippen LogP) is 8.00. The van der Waals surface area contributed by atoms with Crippen LogP contribution in [0, 0.1) is 23.2 Å². The number of hydrogen-bond acceptors (Lipinski definition) is 10. The van der Waals surface area contributed by atoms with E-state index in [0.717, 1.165) is 31.2 Å². The largest absolute Gasteiger partial charge is 0.496 e. The van der Waals surface area contributed by atoms with Crippen LogP contribution in [-0.4, -0.2) is 109 Å². The molecular weight excluding hydrogens is 753 g/mol. The van der Waals surface area contributed by atoms with Crippen molar-refractivity contribution in [1.82, 2.24) is 15.1 Å². The van der Waals surface area contributed by atoms with Crippen molar-refractivity contribution >= 4 is 31.2 Å². The predicted molar refractivity (Wildman–Crippen MR) is 226 cm³/mol. The number of carbonyl (C=O) groups excluding carboxylic acids is 4. The van der Waals surface area contributed by atoms with E-state index < -0.39 is 53.6 Å². The maximum Gasteiger partial charge on any atom is 0.482 e. The number of methoxy groups -OCH3 is 1. The number of likely N-dealkylation sites (N-methyl/N-ethyl adjacent to an activating group) is 1. The average molecular weight is 826 g/mol. The van der Waals surface area contributed by atoms with E-state index in [9.17, 15) is 19.2 Å². The molecule has 4 aliphatic carbocycles. The zero-order valence-electron chi connectivity index (χ0n) is 38.3. The van der Waals surface area contributed by atoms with E-state index in [1.165, 1.54) is 12.0 Å². The Bertz CT molecular complexity index is 1690. The van der Waals surface area contributed by atoms with Gasteiger partial charge in [-0.1, -0.05) is 26.0 Å². The normalized spacial score (nSPS) is 26.7. The van der Waals surface area contributed by atoms with Crippen molar-refractivity contribution in [1.29, 1.82) is 0 Å². The van der Waals surface area contributed by atoms with Crippen molar-refractivity contribution in [2.45, 2.75) is 175 Å². The molecule has 2 bridgehead atoms. The first-order chi connectivity index (χ1) is 27.2. The Morgan fingerprint density at radius 2 is 1.47 bits per heavy atom. The maximum absolute atomic E-state index is 14.1. The second kappa shape index (κ2) is 17.5. The van der Waals surface area contributed by atoms with E-state index in [1.807, 2.05) is 68.4 Å². The van der Waals surface area contributed by atoms with Crippen LogP contribution < -0.4 is 10.1 Å². The van der Waals surface area contributed by atoms with E-state index in [4.69, 9.17) is 28.3 Å². The molecule has 4 unspecified atom stereocenters. The summed E-state index contributed by atoms with van der Waals surface area (Å²) in [4.78, 5) is 56.8. The summed E-state index contributed by atoms with van der Waals surface area (Å²) >= 11 is 0. The van der Waals surface area contributed by atoms with Gasteiger partial charge in [0.05, 0.1) is 24.8 Å². The highest BCUT2D eigenvalue weighted by Gasteiger charge is 2.68. The lowest BCUT2D eigenvalue weighted by molar-refractivity contribution is -0.199. The van der Waals surface area contributed by atoms with E-state index in [1.54, 1.807) is 24.1 Å². The molecule has 5 aliphatic rings. The van der Waals surface area contributed by atoms with Crippen LogP contribution in [0.3, 0.4) is 0 Å². The number of esters is 1. The molecule has 1 aromatic carbocycles. The monoisotopic (exact) mass is 826 g/mol. The zero-order chi connectivity index (χ0) is 43.9. The van der Waals surface area contributed by atoms with Gasteiger partial charge in [-0.15, -0.1) is 0 Å². The molecule has 0 radical (unpaired) electrons. The number of carbonyl (C=O) groups is 4. The molecule has 330 valence electrons. The van der Waals surface area contributed by atoms with Crippen molar-refractivity contribution in [3.8, 4) is 5.75 Å². The summed E-state index contributed by atoms with van der Waals surface area (Å²) in [6.07, 6.45) is 4.55. The van der Waals surface area contributed by atoms with Gasteiger partial charge in [0, 0.05) is 32.6 Å². The number of rotatable bonds is 12. The number of nitrogens with one attached hydrogen (secondary N) is 1. The SMILES string of the molecule is COc1c(C[C@H](NC(=O)CC2CCC(N(CCN(C)C(=O)OC(C)(C)C)C(=O)OC(C)(C)C)CC2)B2OC3CC4CC(C4(C)C)C3(C)O2)cccc1C(=O)OC(C)(C)C. The molecule has 1 aliphatic heterocycles. The lowest BCUT2D eigenvalue weighted by Crippen LogP contribution is -2.65. The van der Waals surface area contributed by atoms with Crippen LogP contribution in [0.15, 0.2) is 18.2 Å². The van der Waals surface area contributed by atoms with Gasteiger partial charge in [-0.3, -0.25) is 4.79 Å². The summed E-state index contributed by atoms with van der Waals surface area (Å²) in [5, 5.41) is 3.31. The van der Waals surface area contributed by atoms with E-state index in [2.05, 4.69) is 26.1 Å². The molecule has 0 spiro atoms. The number of amides is 3. The van der Waals surface area contributed by atoms with Crippen LogP contribution in [0.1, 0.15) is 144 Å². The number of ether oxygens (including phenoxy) is 4. The van der Waals surface area contributed by atoms with Gasteiger partial charge >= 0.3 is 25.3 Å². The molecule has 13 nitrogen and oxygen atoms in total. The minimum atomic E-state index is -0.698. The fraction of sp³-hybridized carbons (Fsp3) is 0.778. The van der Waals surface area contributed by atoms with Crippen molar-refractivity contribution in [2.75, 3.05) is 27.2 Å². The highest BCUT2D eigenvalue weighted by molar-refractivity contribution is 6.48. The molecule has 6 rings (SSSR count). The lowest BCUT2D eigenvalue weighted by atomic mass is 9.43. The second-order valence-electron chi connectivity index (χ2n) is 21.2. The van der Waals surface area contributed by atoms with Gasteiger partial charge < -0.3 is 43.4 Å². The number of benzene rings is 1. The van der Waals surface area contributed by atoms with Crippen LogP contribution in [0.25, 0.3) is 0 Å². The van der Waals surface area contributed by atoms with Crippen LogP contribution in [0.2, 0.25) is 0 Å². The third-order valence-corrected chi connectivity index (χ3v) is 12.7. The van der Waals surface area contributed by atoms with Crippen molar-refractivity contribution < 1.29 is 47.4 Å². The Hall–Kier alpha value is -3.52. The molecule has 1 saturated heterocycles. The highest BCUT2D eigenvalue weighted by Crippen LogP contribution is 2.65. The molecule has 4 saturated carbocycles. The van der Waals surface area contributed by atoms with Crippen LogP contribution in [-0.2, 0) is 34.7 Å². The smallest absolute Gasteiger partial charge is 0.482 e. The molecule has 1 N–H and O–H groups in total. The average Bonchev–Trinajstić information content (AvgIpc) is 3.47. The van der Waals surface area contributed by atoms with Crippen LogP contribution >= 0.6 is 0 Å². The van der Waals surface area contributed by atoms with E-state index >= 15 is 0 Å². The summed E-state index contributed by atoms with van der Waals surface area (Å²) in [5.74, 6) is 0.254. The van der Waals surface area contributed by atoms with Gasteiger partial charge in [0.25, 0.3) is 0 Å². The van der Waals surface area contributed by atoms with Crippen molar-refractivity contribution in [2.24, 2.45) is 23.2 Å². The number of nitrogens with zero attached hydrogens (tertiary/aromatic N) is 2. The summed E-state index contributed by atoms with van der Waals surface area (Å²) < 4.78 is 36.5. The second-order valence-corrected chi connectivity index (χ2v) is 21.2. The van der Waals surface area contributed by atoms with Crippen LogP contribution in [0.4, 0.5) is 9.59 Å². The third-order valence-electron chi connectivity index (χ3n) is 12.7. The summed E-state index contributed by atoms with van der Waals surface area (Å²) in [7, 11) is 2.50. The van der Waals surface area contributed by atoms with E-state index in [0.29, 0.717) is 55.4 Å². The Balaban J connectivity index is 1.29. The first kappa shape index (κ1) is 46.5. The van der Waals surface area contributed by atoms with Gasteiger partial charge in [-0.05, 0) is 149 Å². The Labute approximate surface area is 353 Å². The molecule has 1 heterocycles. The minimum Gasteiger partial charge on any atom is -0.496 e. The number of para-hydroxylation sites is 1. The standard InChI is InChI=1S/C45H72BN3O10/c1-41(2,3)55-38(51)32-17-15-16-29(37(32)54-14)25-35(46-58-34-27-30-26-33(44(30,10)11)45(34,12)59-46)47-36(50)24-28-18-20-31(21-19-28)49(40(53)57-43(7,8)9)23-22-48(13)39(52)56-42(4,5)6/h15-17,28,30-31,33-35H,18-27H2,1-14H3,(H,47,50)/t28?,30?,31?,33?,34?,35-,45?/m0/s1. The maximum atomic E-state index is 14.1. The fourth-order valence-corrected chi connectivity index (χ4v) is 9.62. The molecule has 5 fully saturated rings. The molecule has 0 aromatic heterocycles. The lowest BCUT2D eigenvalue weighted by Gasteiger charge is -2.64. The van der Waals surface area contributed by atoms with Gasteiger partial charge in [0.2, 0.25) is 5.91 Å². The molecule has 14 heteroatoms. The van der Waals surface area contributed by atoms with Gasteiger partial charge in [-0.2, -0.15) is 0 Å². The molecule has 59 heavy (non-hydrogen) atoms. The third kappa shape index (κ3) is 11.3. The van der Waals surface area contributed by atoms with E-state index in [-0.39, 0.29) is 35.9 Å². The Morgan fingerprint density at radius 3 is 2.05 bits per heavy atom. The molecule has 3 amide bonds. The molecule has 5 atom stereocenters. The van der Waals surface area contributed by atoms with Gasteiger partial charge in [-0.25, -0.2) is 14.4 Å². The highest BCUT2D eigenvalue weighted by atomic mass is 16.7. The first-order valence-electron chi connectivity index (χ1n) is 21.7. The zero-order valence-corrected chi connectivity index (χ0v) is 38.3. The molecule has 1 aromatic rings. The van der Waals surface area contributed by atoms with Gasteiger partial charge in [0.1, 0.15) is 28.1 Å². The quantitative estimate of drug-likeness (QED) is 0.125. The summed E-state index contributed by atoms with van der Waals surface area (Å²) in [6.45, 7) is 23.8.